The number of amides is 1. The highest BCUT2D eigenvalue weighted by atomic mass is 35.5. The van der Waals surface area contributed by atoms with Crippen LogP contribution in [-0.2, 0) is 21.4 Å². The van der Waals surface area contributed by atoms with Crippen LogP contribution in [-0.4, -0.2) is 24.5 Å². The molecule has 7 nitrogen and oxygen atoms in total. The van der Waals surface area contributed by atoms with Crippen LogP contribution in [0.4, 0.5) is 5.13 Å². The van der Waals surface area contributed by atoms with E-state index in [9.17, 15) is 13.2 Å². The van der Waals surface area contributed by atoms with Gasteiger partial charge in [-0.2, -0.15) is 0 Å². The van der Waals surface area contributed by atoms with E-state index in [0.29, 0.717) is 5.02 Å². The number of hydrogen-bond acceptors (Lipinski definition) is 6. The first-order valence-electron chi connectivity index (χ1n) is 6.28. The van der Waals surface area contributed by atoms with Crippen molar-refractivity contribution in [1.82, 2.24) is 14.9 Å². The summed E-state index contributed by atoms with van der Waals surface area (Å²) >= 11 is 6.56. The van der Waals surface area contributed by atoms with Gasteiger partial charge in [0.15, 0.2) is 0 Å². The van der Waals surface area contributed by atoms with Gasteiger partial charge in [0.25, 0.3) is 10.0 Å². The normalized spacial score (nSPS) is 11.4. The van der Waals surface area contributed by atoms with Crippen molar-refractivity contribution in [3.8, 4) is 0 Å². The van der Waals surface area contributed by atoms with Crippen LogP contribution in [0.2, 0.25) is 5.02 Å². The maximum Gasteiger partial charge on any atom is 0.270 e. The van der Waals surface area contributed by atoms with Crippen LogP contribution in [0.15, 0.2) is 28.6 Å². The van der Waals surface area contributed by atoms with E-state index < -0.39 is 10.0 Å². The lowest BCUT2D eigenvalue weighted by atomic mass is 10.2. The Morgan fingerprint density at radius 2 is 1.95 bits per heavy atom. The minimum atomic E-state index is -3.78. The molecular formula is C12H13ClN4O3S2. The summed E-state index contributed by atoms with van der Waals surface area (Å²) in [4.78, 5) is 11.2. The Balaban J connectivity index is 2.03. The quantitative estimate of drug-likeness (QED) is 0.767. The van der Waals surface area contributed by atoms with Crippen molar-refractivity contribution < 1.29 is 13.2 Å². The number of anilines is 1. The summed E-state index contributed by atoms with van der Waals surface area (Å²) in [6, 6.07) is 6.79. The van der Waals surface area contributed by atoms with Gasteiger partial charge in [-0.25, -0.2) is 13.1 Å². The van der Waals surface area contributed by atoms with Gasteiger partial charge in [-0.15, -0.1) is 10.2 Å². The second kappa shape index (κ2) is 7.14. The third-order valence-electron chi connectivity index (χ3n) is 2.58. The SMILES string of the molecule is CCC(=O)Nc1nnc(S(=O)(=O)NCc2ccc(Cl)cc2)s1. The van der Waals surface area contributed by atoms with Crippen molar-refractivity contribution in [3.05, 3.63) is 34.9 Å². The highest BCUT2D eigenvalue weighted by Crippen LogP contribution is 2.20. The van der Waals surface area contributed by atoms with Crippen LogP contribution in [0.1, 0.15) is 18.9 Å². The molecule has 0 atom stereocenters. The lowest BCUT2D eigenvalue weighted by molar-refractivity contribution is -0.115. The molecule has 1 aromatic heterocycles. The topological polar surface area (TPSA) is 101 Å². The summed E-state index contributed by atoms with van der Waals surface area (Å²) in [5.74, 6) is -0.255. The molecule has 118 valence electrons. The number of sulfonamides is 1. The van der Waals surface area contributed by atoms with Crippen molar-refractivity contribution in [3.63, 3.8) is 0 Å². The summed E-state index contributed by atoms with van der Waals surface area (Å²) in [6.07, 6.45) is 0.274. The third-order valence-corrected chi connectivity index (χ3v) is 5.44. The summed E-state index contributed by atoms with van der Waals surface area (Å²) in [5, 5.41) is 10.4. The number of carbonyl (C=O) groups excluding carboxylic acids is 1. The van der Waals surface area contributed by atoms with Crippen molar-refractivity contribution in [2.45, 2.75) is 24.2 Å². The van der Waals surface area contributed by atoms with Gasteiger partial charge in [0.2, 0.25) is 15.4 Å². The number of halogens is 1. The molecule has 0 aliphatic carbocycles. The zero-order chi connectivity index (χ0) is 16.2. The largest absolute Gasteiger partial charge is 0.301 e. The van der Waals surface area contributed by atoms with E-state index in [1.54, 1.807) is 31.2 Å². The number of benzene rings is 1. The predicted molar refractivity (Wildman–Crippen MR) is 84.3 cm³/mol. The molecule has 2 rings (SSSR count). The van der Waals surface area contributed by atoms with Crippen LogP contribution in [0.5, 0.6) is 0 Å². The van der Waals surface area contributed by atoms with Gasteiger partial charge in [0.05, 0.1) is 0 Å². The summed E-state index contributed by atoms with van der Waals surface area (Å²) in [6.45, 7) is 1.79. The minimum Gasteiger partial charge on any atom is -0.301 e. The van der Waals surface area contributed by atoms with E-state index in [2.05, 4.69) is 20.2 Å². The van der Waals surface area contributed by atoms with E-state index in [1.165, 1.54) is 0 Å². The molecule has 1 amide bonds. The summed E-state index contributed by atoms with van der Waals surface area (Å²) in [5.41, 5.74) is 0.761. The second-order valence-electron chi connectivity index (χ2n) is 4.23. The van der Waals surface area contributed by atoms with Gasteiger partial charge in [-0.3, -0.25) is 4.79 Å². The number of nitrogens with one attached hydrogen (secondary N) is 2. The fraction of sp³-hybridized carbons (Fsp3) is 0.250. The van der Waals surface area contributed by atoms with Crippen molar-refractivity contribution in [2.24, 2.45) is 0 Å². The van der Waals surface area contributed by atoms with E-state index in [1.807, 2.05) is 0 Å². The minimum absolute atomic E-state index is 0.107. The first-order chi connectivity index (χ1) is 10.4. The maximum atomic E-state index is 12.1. The van der Waals surface area contributed by atoms with Crippen LogP contribution >= 0.6 is 22.9 Å². The Bertz CT molecular complexity index is 759. The zero-order valence-corrected chi connectivity index (χ0v) is 13.9. The molecular weight excluding hydrogens is 348 g/mol. The second-order valence-corrected chi connectivity index (χ2v) is 7.58. The van der Waals surface area contributed by atoms with Crippen LogP contribution in [0.25, 0.3) is 0 Å². The standard InChI is InChI=1S/C12H13ClN4O3S2/c1-2-10(18)15-11-16-17-12(21-11)22(19,20)14-7-8-3-5-9(13)6-4-8/h3-6,14H,2,7H2,1H3,(H,15,16,18). The average molecular weight is 361 g/mol. The van der Waals surface area contributed by atoms with E-state index in [0.717, 1.165) is 16.9 Å². The Hall–Kier alpha value is -1.55. The molecule has 0 saturated heterocycles. The highest BCUT2D eigenvalue weighted by Gasteiger charge is 2.20. The van der Waals surface area contributed by atoms with Gasteiger partial charge in [0, 0.05) is 18.0 Å². The van der Waals surface area contributed by atoms with E-state index >= 15 is 0 Å². The fourth-order valence-electron chi connectivity index (χ4n) is 1.42. The van der Waals surface area contributed by atoms with Crippen LogP contribution in [0.3, 0.4) is 0 Å². The van der Waals surface area contributed by atoms with E-state index in [-0.39, 0.29) is 28.3 Å². The van der Waals surface area contributed by atoms with Crippen molar-refractivity contribution >= 4 is 44.0 Å². The molecule has 0 aliphatic rings. The number of aromatic nitrogens is 2. The predicted octanol–water partition coefficient (Wildman–Crippen LogP) is 2.02. The lowest BCUT2D eigenvalue weighted by Gasteiger charge is -2.03. The number of carbonyl (C=O) groups is 1. The first kappa shape index (κ1) is 16.8. The zero-order valence-electron chi connectivity index (χ0n) is 11.5. The Kier molecular flexibility index (Phi) is 5.46. The van der Waals surface area contributed by atoms with Gasteiger partial charge in [-0.1, -0.05) is 42.0 Å². The molecule has 2 N–H and O–H groups in total. The first-order valence-corrected chi connectivity index (χ1v) is 8.96. The van der Waals surface area contributed by atoms with Crippen LogP contribution in [0, 0.1) is 0 Å². The molecule has 2 aromatic rings. The molecule has 0 unspecified atom stereocenters. The fourth-order valence-corrected chi connectivity index (χ4v) is 3.52. The summed E-state index contributed by atoms with van der Waals surface area (Å²) in [7, 11) is -3.78. The number of rotatable bonds is 6. The van der Waals surface area contributed by atoms with Gasteiger partial charge < -0.3 is 5.32 Å². The average Bonchev–Trinajstić information content (AvgIpc) is 2.96. The molecule has 1 heterocycles. The lowest BCUT2D eigenvalue weighted by Crippen LogP contribution is -2.23. The number of hydrogen-bond donors (Lipinski definition) is 2. The van der Waals surface area contributed by atoms with E-state index in [4.69, 9.17) is 11.6 Å². The Labute approximate surface area is 136 Å². The molecule has 0 fully saturated rings. The third kappa shape index (κ3) is 4.47. The molecule has 1 aromatic carbocycles. The molecule has 0 spiro atoms. The monoisotopic (exact) mass is 360 g/mol. The van der Waals surface area contributed by atoms with Crippen LogP contribution < -0.4 is 10.0 Å². The Morgan fingerprint density at radius 1 is 1.27 bits per heavy atom. The van der Waals surface area contributed by atoms with Crippen molar-refractivity contribution in [1.29, 1.82) is 0 Å². The molecule has 10 heteroatoms. The Morgan fingerprint density at radius 3 is 2.59 bits per heavy atom. The molecule has 0 saturated carbocycles. The molecule has 0 radical (unpaired) electrons. The van der Waals surface area contributed by atoms with Gasteiger partial charge in [0.1, 0.15) is 0 Å². The van der Waals surface area contributed by atoms with Gasteiger partial charge in [-0.05, 0) is 17.7 Å². The molecule has 22 heavy (non-hydrogen) atoms. The smallest absolute Gasteiger partial charge is 0.270 e. The molecule has 0 bridgehead atoms. The maximum absolute atomic E-state index is 12.1. The molecule has 0 aliphatic heterocycles. The van der Waals surface area contributed by atoms with Crippen molar-refractivity contribution in [2.75, 3.05) is 5.32 Å². The highest BCUT2D eigenvalue weighted by molar-refractivity contribution is 7.91. The number of nitrogens with zero attached hydrogens (tertiary/aromatic N) is 2. The summed E-state index contributed by atoms with van der Waals surface area (Å²) < 4.78 is 26.4. The van der Waals surface area contributed by atoms with Gasteiger partial charge >= 0.3 is 0 Å².